The minimum atomic E-state index is -0.0762. The van der Waals surface area contributed by atoms with Crippen molar-refractivity contribution in [2.75, 3.05) is 31.2 Å². The van der Waals surface area contributed by atoms with Crippen molar-refractivity contribution in [1.29, 1.82) is 0 Å². The van der Waals surface area contributed by atoms with Crippen LogP contribution in [0.4, 0.5) is 5.82 Å². The van der Waals surface area contributed by atoms with E-state index in [4.69, 9.17) is 9.72 Å². The fourth-order valence-corrected chi connectivity index (χ4v) is 3.08. The van der Waals surface area contributed by atoms with Gasteiger partial charge >= 0.3 is 0 Å². The molecule has 3 aromatic rings. The van der Waals surface area contributed by atoms with Gasteiger partial charge in [0.2, 0.25) is 0 Å². The van der Waals surface area contributed by atoms with E-state index in [0.717, 1.165) is 29.9 Å². The summed E-state index contributed by atoms with van der Waals surface area (Å²) in [5.74, 6) is 0.703. The van der Waals surface area contributed by atoms with E-state index < -0.39 is 0 Å². The number of ether oxygens (including phenoxy) is 1. The average molecular weight is 348 g/mol. The number of fused-ring (bicyclic) bond motifs is 1. The third kappa shape index (κ3) is 3.36. The van der Waals surface area contributed by atoms with Crippen LogP contribution in [0, 0.1) is 6.92 Å². The van der Waals surface area contributed by atoms with Crippen molar-refractivity contribution in [1.82, 2.24) is 14.4 Å². The highest BCUT2D eigenvalue weighted by Gasteiger charge is 2.15. The molecular weight excluding hydrogens is 328 g/mol. The van der Waals surface area contributed by atoms with Crippen LogP contribution < -0.4 is 10.5 Å². The molecule has 1 aliphatic rings. The zero-order valence-electron chi connectivity index (χ0n) is 14.6. The van der Waals surface area contributed by atoms with Gasteiger partial charge in [-0.25, -0.2) is 4.98 Å². The summed E-state index contributed by atoms with van der Waals surface area (Å²) in [6.45, 7) is 4.77. The zero-order chi connectivity index (χ0) is 17.9. The molecule has 6 heteroatoms. The van der Waals surface area contributed by atoms with Gasteiger partial charge in [-0.3, -0.25) is 14.2 Å². The Balaban J connectivity index is 1.82. The number of pyridine rings is 2. The Labute approximate surface area is 151 Å². The molecule has 1 aliphatic heterocycles. The van der Waals surface area contributed by atoms with Crippen molar-refractivity contribution in [2.45, 2.75) is 6.92 Å². The van der Waals surface area contributed by atoms with Gasteiger partial charge in [0.25, 0.3) is 5.56 Å². The summed E-state index contributed by atoms with van der Waals surface area (Å²) in [6, 6.07) is 9.40. The highest BCUT2D eigenvalue weighted by molar-refractivity contribution is 5.76. The number of hydrogen-bond donors (Lipinski definition) is 0. The van der Waals surface area contributed by atoms with Crippen LogP contribution in [-0.2, 0) is 4.74 Å². The smallest absolute Gasteiger partial charge is 0.259 e. The van der Waals surface area contributed by atoms with Crippen LogP contribution in [0.15, 0.2) is 47.5 Å². The fraction of sp³-hybridized carbons (Fsp3) is 0.250. The maximum atomic E-state index is 12.6. The van der Waals surface area contributed by atoms with Gasteiger partial charge < -0.3 is 9.64 Å². The Morgan fingerprint density at radius 3 is 2.77 bits per heavy atom. The average Bonchev–Trinajstić information content (AvgIpc) is 2.68. The van der Waals surface area contributed by atoms with Crippen LogP contribution in [-0.4, -0.2) is 40.7 Å². The van der Waals surface area contributed by atoms with Crippen LogP contribution in [0.2, 0.25) is 0 Å². The third-order valence-corrected chi connectivity index (χ3v) is 4.37. The maximum absolute atomic E-state index is 12.6. The number of hydrogen-bond acceptors (Lipinski definition) is 5. The first-order valence-corrected chi connectivity index (χ1v) is 8.66. The third-order valence-electron chi connectivity index (χ3n) is 4.37. The van der Waals surface area contributed by atoms with Gasteiger partial charge in [0.05, 0.1) is 18.9 Å². The molecule has 6 nitrogen and oxygen atoms in total. The molecule has 0 amide bonds. The summed E-state index contributed by atoms with van der Waals surface area (Å²) in [4.78, 5) is 23.8. The summed E-state index contributed by atoms with van der Waals surface area (Å²) < 4.78 is 7.00. The number of morpholine rings is 1. The number of aromatic nitrogens is 3. The van der Waals surface area contributed by atoms with Crippen molar-refractivity contribution >= 4 is 23.6 Å². The summed E-state index contributed by atoms with van der Waals surface area (Å²) in [5, 5.41) is 0. The van der Waals surface area contributed by atoms with Crippen molar-refractivity contribution in [3.63, 3.8) is 0 Å². The number of anilines is 1. The van der Waals surface area contributed by atoms with E-state index in [1.807, 2.05) is 49.5 Å². The molecule has 1 fully saturated rings. The van der Waals surface area contributed by atoms with Gasteiger partial charge in [-0.2, -0.15) is 0 Å². The molecule has 4 rings (SSSR count). The van der Waals surface area contributed by atoms with Gasteiger partial charge in [0.15, 0.2) is 0 Å². The molecular formula is C20H20N4O2. The lowest BCUT2D eigenvalue weighted by atomic mass is 10.1. The molecule has 0 aromatic carbocycles. The van der Waals surface area contributed by atoms with E-state index in [1.165, 1.54) is 0 Å². The molecule has 26 heavy (non-hydrogen) atoms. The van der Waals surface area contributed by atoms with Crippen LogP contribution in [0.1, 0.15) is 16.8 Å². The molecule has 0 radical (unpaired) electrons. The second kappa shape index (κ2) is 7.09. The topological polar surface area (TPSA) is 59.7 Å². The van der Waals surface area contributed by atoms with Crippen molar-refractivity contribution in [3.05, 3.63) is 69.9 Å². The molecule has 0 aliphatic carbocycles. The lowest BCUT2D eigenvalue weighted by molar-refractivity contribution is 0.122. The summed E-state index contributed by atoms with van der Waals surface area (Å²) in [5.41, 5.74) is 3.33. The van der Waals surface area contributed by atoms with E-state index in [9.17, 15) is 4.79 Å². The molecule has 0 saturated carbocycles. The fourth-order valence-electron chi connectivity index (χ4n) is 3.08. The highest BCUT2D eigenvalue weighted by atomic mass is 16.5. The van der Waals surface area contributed by atoms with Gasteiger partial charge in [-0.1, -0.05) is 6.07 Å². The van der Waals surface area contributed by atoms with Crippen LogP contribution in [0.5, 0.6) is 0 Å². The van der Waals surface area contributed by atoms with Gasteiger partial charge in [0, 0.05) is 37.1 Å². The van der Waals surface area contributed by atoms with Crippen molar-refractivity contribution in [2.24, 2.45) is 0 Å². The quantitative estimate of drug-likeness (QED) is 0.727. The largest absolute Gasteiger partial charge is 0.378 e. The standard InChI is InChI=1S/C20H20N4O2/c1-15-12-16(5-6-17-4-2-3-7-21-17)20-22-18(13-19(25)24(20)14-15)23-8-10-26-11-9-23/h2-7,12-14H,8-11H2,1H3/b6-5+. The minimum Gasteiger partial charge on any atom is -0.378 e. The Morgan fingerprint density at radius 2 is 2.00 bits per heavy atom. The summed E-state index contributed by atoms with van der Waals surface area (Å²) in [7, 11) is 0. The molecule has 0 atom stereocenters. The van der Waals surface area contributed by atoms with Crippen molar-refractivity contribution in [3.8, 4) is 0 Å². The van der Waals surface area contributed by atoms with Gasteiger partial charge in [-0.15, -0.1) is 0 Å². The molecule has 1 saturated heterocycles. The predicted molar refractivity (Wildman–Crippen MR) is 102 cm³/mol. The molecule has 3 aromatic heterocycles. The molecule has 0 unspecified atom stereocenters. The molecule has 132 valence electrons. The molecule has 0 spiro atoms. The van der Waals surface area contributed by atoms with E-state index in [2.05, 4.69) is 9.88 Å². The maximum Gasteiger partial charge on any atom is 0.259 e. The number of aryl methyl sites for hydroxylation is 1. The van der Waals surface area contributed by atoms with Gasteiger partial charge in [0.1, 0.15) is 11.5 Å². The molecule has 0 bridgehead atoms. The lowest BCUT2D eigenvalue weighted by Gasteiger charge is -2.27. The van der Waals surface area contributed by atoms with Crippen LogP contribution in [0.25, 0.3) is 17.8 Å². The lowest BCUT2D eigenvalue weighted by Crippen LogP contribution is -2.37. The second-order valence-corrected chi connectivity index (χ2v) is 6.31. The normalized spacial score (nSPS) is 15.0. The van der Waals surface area contributed by atoms with E-state index >= 15 is 0 Å². The zero-order valence-corrected chi connectivity index (χ0v) is 14.6. The monoisotopic (exact) mass is 348 g/mol. The number of nitrogens with zero attached hydrogens (tertiary/aromatic N) is 4. The molecule has 4 heterocycles. The van der Waals surface area contributed by atoms with E-state index in [1.54, 1.807) is 16.7 Å². The molecule has 0 N–H and O–H groups in total. The first-order valence-electron chi connectivity index (χ1n) is 8.66. The van der Waals surface area contributed by atoms with E-state index in [0.29, 0.717) is 24.7 Å². The van der Waals surface area contributed by atoms with E-state index in [-0.39, 0.29) is 5.56 Å². The highest BCUT2D eigenvalue weighted by Crippen LogP contribution is 2.18. The van der Waals surface area contributed by atoms with Crippen molar-refractivity contribution < 1.29 is 4.74 Å². The second-order valence-electron chi connectivity index (χ2n) is 6.31. The minimum absolute atomic E-state index is 0.0762. The summed E-state index contributed by atoms with van der Waals surface area (Å²) >= 11 is 0. The Morgan fingerprint density at radius 1 is 1.15 bits per heavy atom. The predicted octanol–water partition coefficient (Wildman–Crippen LogP) is 2.40. The van der Waals surface area contributed by atoms with Crippen LogP contribution >= 0.6 is 0 Å². The van der Waals surface area contributed by atoms with Gasteiger partial charge in [-0.05, 0) is 42.8 Å². The SMILES string of the molecule is Cc1cc(/C=C/c2ccccn2)c2nc(N3CCOCC3)cc(=O)n2c1. The van der Waals surface area contributed by atoms with Crippen LogP contribution in [0.3, 0.4) is 0 Å². The summed E-state index contributed by atoms with van der Waals surface area (Å²) in [6.07, 6.45) is 7.47. The Hall–Kier alpha value is -2.99. The first kappa shape index (κ1) is 16.5. The first-order chi connectivity index (χ1) is 12.7. The Bertz CT molecular complexity index is 1010. The Kier molecular flexibility index (Phi) is 4.50. The number of rotatable bonds is 3.